The Morgan fingerprint density at radius 2 is 1.63 bits per heavy atom. The summed E-state index contributed by atoms with van der Waals surface area (Å²) in [5, 5.41) is 14.4. The number of carbonyl (C=O) groups is 3. The maximum atomic E-state index is 11.5. The molecule has 1 aliphatic carbocycles. The maximum Gasteiger partial charge on any atom is 0.311 e. The highest BCUT2D eigenvalue weighted by Gasteiger charge is 2.38. The molecule has 0 aliphatic heterocycles. The number of carbonyl (C=O) groups excluding carboxylic acids is 2. The molecule has 0 spiro atoms. The molecule has 0 saturated heterocycles. The van der Waals surface area contributed by atoms with Gasteiger partial charge >= 0.3 is 5.97 Å². The van der Waals surface area contributed by atoms with Gasteiger partial charge in [0.15, 0.2) is 0 Å². The van der Waals surface area contributed by atoms with E-state index in [0.29, 0.717) is 12.8 Å². The topological polar surface area (TPSA) is 95.5 Å². The summed E-state index contributed by atoms with van der Waals surface area (Å²) in [4.78, 5) is 33.7. The van der Waals surface area contributed by atoms with Gasteiger partial charge in [-0.3, -0.25) is 14.4 Å². The van der Waals surface area contributed by atoms with Crippen molar-refractivity contribution in [2.45, 2.75) is 45.4 Å². The van der Waals surface area contributed by atoms with Gasteiger partial charge in [0.25, 0.3) is 0 Å². The summed E-state index contributed by atoms with van der Waals surface area (Å²) in [5.74, 6) is -1.47. The number of hydrogen-bond acceptors (Lipinski definition) is 3. The van der Waals surface area contributed by atoms with Crippen LogP contribution in [-0.4, -0.2) is 36.0 Å². The van der Waals surface area contributed by atoms with Gasteiger partial charge in [0.05, 0.1) is 12.0 Å². The molecule has 0 aromatic rings. The van der Waals surface area contributed by atoms with Crippen LogP contribution in [0.2, 0.25) is 0 Å². The van der Waals surface area contributed by atoms with Crippen molar-refractivity contribution in [1.29, 1.82) is 0 Å². The van der Waals surface area contributed by atoms with Gasteiger partial charge in [0, 0.05) is 13.5 Å². The number of amides is 2. The van der Waals surface area contributed by atoms with E-state index in [9.17, 15) is 19.5 Å². The van der Waals surface area contributed by atoms with Crippen LogP contribution in [0.25, 0.3) is 0 Å². The van der Waals surface area contributed by atoms with Crippen molar-refractivity contribution in [3.05, 3.63) is 0 Å². The SMILES string of the molecule is CC(=O)NCC(=O)NCC1(C(=O)O)CCCCCC1. The van der Waals surface area contributed by atoms with Crippen molar-refractivity contribution >= 4 is 17.8 Å². The quantitative estimate of drug-likeness (QED) is 0.640. The van der Waals surface area contributed by atoms with Crippen LogP contribution in [0.3, 0.4) is 0 Å². The normalized spacial score (nSPS) is 18.2. The third-order valence-corrected chi connectivity index (χ3v) is 3.64. The Labute approximate surface area is 112 Å². The number of hydrogen-bond donors (Lipinski definition) is 3. The van der Waals surface area contributed by atoms with Crippen molar-refractivity contribution in [2.75, 3.05) is 13.1 Å². The minimum Gasteiger partial charge on any atom is -0.481 e. The summed E-state index contributed by atoms with van der Waals surface area (Å²) in [6.07, 6.45) is 5.07. The highest BCUT2D eigenvalue weighted by molar-refractivity contribution is 5.84. The standard InChI is InChI=1S/C13H22N2O4/c1-10(16)14-8-11(17)15-9-13(12(18)19)6-4-2-3-5-7-13/h2-9H2,1H3,(H,14,16)(H,15,17)(H,18,19). The molecule has 1 fully saturated rings. The molecule has 19 heavy (non-hydrogen) atoms. The van der Waals surface area contributed by atoms with Crippen molar-refractivity contribution in [3.63, 3.8) is 0 Å². The highest BCUT2D eigenvalue weighted by atomic mass is 16.4. The lowest BCUT2D eigenvalue weighted by atomic mass is 9.80. The van der Waals surface area contributed by atoms with Crippen LogP contribution < -0.4 is 10.6 Å². The maximum absolute atomic E-state index is 11.5. The fraction of sp³-hybridized carbons (Fsp3) is 0.769. The largest absolute Gasteiger partial charge is 0.481 e. The first kappa shape index (κ1) is 15.5. The molecule has 0 aromatic carbocycles. The Bertz CT molecular complexity index is 347. The second-order valence-corrected chi connectivity index (χ2v) is 5.19. The fourth-order valence-corrected chi connectivity index (χ4v) is 2.41. The van der Waals surface area contributed by atoms with Gasteiger partial charge < -0.3 is 15.7 Å². The van der Waals surface area contributed by atoms with E-state index >= 15 is 0 Å². The summed E-state index contributed by atoms with van der Waals surface area (Å²) >= 11 is 0. The summed E-state index contributed by atoms with van der Waals surface area (Å²) in [7, 11) is 0. The number of rotatable bonds is 5. The summed E-state index contributed by atoms with van der Waals surface area (Å²) in [6, 6.07) is 0. The van der Waals surface area contributed by atoms with Gasteiger partial charge in [-0.15, -0.1) is 0 Å². The van der Waals surface area contributed by atoms with Gasteiger partial charge in [-0.2, -0.15) is 0 Å². The number of carboxylic acid groups (broad SMARTS) is 1. The molecule has 2 amide bonds. The van der Waals surface area contributed by atoms with Crippen LogP contribution >= 0.6 is 0 Å². The molecule has 0 unspecified atom stereocenters. The van der Waals surface area contributed by atoms with E-state index < -0.39 is 11.4 Å². The molecule has 1 saturated carbocycles. The van der Waals surface area contributed by atoms with Crippen LogP contribution in [0, 0.1) is 5.41 Å². The van der Waals surface area contributed by atoms with Crippen molar-refractivity contribution in [1.82, 2.24) is 10.6 Å². The first-order chi connectivity index (χ1) is 8.96. The van der Waals surface area contributed by atoms with Crippen molar-refractivity contribution < 1.29 is 19.5 Å². The molecular formula is C13H22N2O4. The third-order valence-electron chi connectivity index (χ3n) is 3.64. The number of carboxylic acids is 1. The lowest BCUT2D eigenvalue weighted by Crippen LogP contribution is -2.45. The smallest absolute Gasteiger partial charge is 0.311 e. The molecule has 0 atom stereocenters. The Balaban J connectivity index is 2.51. The molecule has 1 aliphatic rings. The summed E-state index contributed by atoms with van der Waals surface area (Å²) < 4.78 is 0. The zero-order chi connectivity index (χ0) is 14.3. The Hall–Kier alpha value is -1.59. The van der Waals surface area contributed by atoms with Crippen molar-refractivity contribution in [3.8, 4) is 0 Å². The second kappa shape index (κ2) is 7.11. The van der Waals surface area contributed by atoms with Crippen LogP contribution in [0.5, 0.6) is 0 Å². The summed E-state index contributed by atoms with van der Waals surface area (Å²) in [5.41, 5.74) is -0.845. The summed E-state index contributed by atoms with van der Waals surface area (Å²) in [6.45, 7) is 1.36. The van der Waals surface area contributed by atoms with Crippen LogP contribution in [0.15, 0.2) is 0 Å². The predicted molar refractivity (Wildman–Crippen MR) is 69.5 cm³/mol. The average molecular weight is 270 g/mol. The molecule has 6 nitrogen and oxygen atoms in total. The first-order valence-electron chi connectivity index (χ1n) is 6.71. The third kappa shape index (κ3) is 4.89. The Morgan fingerprint density at radius 3 is 2.11 bits per heavy atom. The van der Waals surface area contributed by atoms with E-state index in [1.165, 1.54) is 6.92 Å². The van der Waals surface area contributed by atoms with E-state index in [2.05, 4.69) is 10.6 Å². The van der Waals surface area contributed by atoms with E-state index in [0.717, 1.165) is 25.7 Å². The van der Waals surface area contributed by atoms with E-state index in [-0.39, 0.29) is 24.9 Å². The zero-order valence-corrected chi connectivity index (χ0v) is 11.3. The molecule has 6 heteroatoms. The fourth-order valence-electron chi connectivity index (χ4n) is 2.41. The zero-order valence-electron chi connectivity index (χ0n) is 11.3. The van der Waals surface area contributed by atoms with Gasteiger partial charge in [-0.25, -0.2) is 0 Å². The molecule has 0 radical (unpaired) electrons. The van der Waals surface area contributed by atoms with Crippen LogP contribution in [0.1, 0.15) is 45.4 Å². The van der Waals surface area contributed by atoms with E-state index in [1.54, 1.807) is 0 Å². The minimum atomic E-state index is -0.845. The molecular weight excluding hydrogens is 248 g/mol. The Morgan fingerprint density at radius 1 is 1.05 bits per heavy atom. The molecule has 0 heterocycles. The van der Waals surface area contributed by atoms with E-state index in [1.807, 2.05) is 0 Å². The second-order valence-electron chi connectivity index (χ2n) is 5.19. The number of aliphatic carboxylic acids is 1. The highest BCUT2D eigenvalue weighted by Crippen LogP contribution is 2.34. The van der Waals surface area contributed by atoms with Gasteiger partial charge in [-0.05, 0) is 12.8 Å². The lowest BCUT2D eigenvalue weighted by Gasteiger charge is -2.28. The Kier molecular flexibility index (Phi) is 5.79. The molecule has 3 N–H and O–H groups in total. The van der Waals surface area contributed by atoms with Gasteiger partial charge in [0.2, 0.25) is 11.8 Å². The van der Waals surface area contributed by atoms with Crippen LogP contribution in [0.4, 0.5) is 0 Å². The van der Waals surface area contributed by atoms with Crippen LogP contribution in [-0.2, 0) is 14.4 Å². The lowest BCUT2D eigenvalue weighted by molar-refractivity contribution is -0.149. The van der Waals surface area contributed by atoms with E-state index in [4.69, 9.17) is 0 Å². The number of nitrogens with one attached hydrogen (secondary N) is 2. The molecule has 1 rings (SSSR count). The molecule has 0 aromatic heterocycles. The monoisotopic (exact) mass is 270 g/mol. The predicted octanol–water partition coefficient (Wildman–Crippen LogP) is 0.664. The first-order valence-corrected chi connectivity index (χ1v) is 6.71. The average Bonchev–Trinajstić information content (AvgIpc) is 2.60. The molecule has 0 bridgehead atoms. The van der Waals surface area contributed by atoms with Gasteiger partial charge in [-0.1, -0.05) is 25.7 Å². The molecule has 108 valence electrons. The minimum absolute atomic E-state index is 0.106. The van der Waals surface area contributed by atoms with Gasteiger partial charge in [0.1, 0.15) is 0 Å². The van der Waals surface area contributed by atoms with Crippen molar-refractivity contribution in [2.24, 2.45) is 5.41 Å².